The van der Waals surface area contributed by atoms with Crippen LogP contribution in [0, 0.1) is 0 Å². The Morgan fingerprint density at radius 1 is 1.40 bits per heavy atom. The predicted molar refractivity (Wildman–Crippen MR) is 58.4 cm³/mol. The molecule has 0 spiro atoms. The molecule has 2 N–H and O–H groups in total. The smallest absolute Gasteiger partial charge is 0.329 e. The van der Waals surface area contributed by atoms with Gasteiger partial charge in [-0.3, -0.25) is 5.43 Å². The molecule has 0 fully saturated rings. The fourth-order valence-electron chi connectivity index (χ4n) is 1.01. The number of hydrogen-bond donors (Lipinski definition) is 2. The van der Waals surface area contributed by atoms with Gasteiger partial charge in [-0.05, 0) is 19.1 Å². The van der Waals surface area contributed by atoms with Gasteiger partial charge in [0.25, 0.3) is 0 Å². The zero-order valence-corrected chi connectivity index (χ0v) is 8.99. The van der Waals surface area contributed by atoms with E-state index in [-0.39, 0.29) is 12.0 Å². The lowest BCUT2D eigenvalue weighted by molar-refractivity contribution is -0.136. The van der Waals surface area contributed by atoms with Gasteiger partial charge in [-0.1, -0.05) is 25.1 Å². The summed E-state index contributed by atoms with van der Waals surface area (Å²) in [6.45, 7) is 4.44. The van der Waals surface area contributed by atoms with Gasteiger partial charge in [0.05, 0.1) is 0 Å². The Bertz CT molecular complexity index is 301. The van der Waals surface area contributed by atoms with Crippen molar-refractivity contribution >= 4 is 5.97 Å². The quantitative estimate of drug-likeness (QED) is 0.432. The Morgan fingerprint density at radius 3 is 2.67 bits per heavy atom. The molecule has 4 heteroatoms. The molecule has 0 amide bonds. The highest BCUT2D eigenvalue weighted by Crippen LogP contribution is 2.08. The van der Waals surface area contributed by atoms with Gasteiger partial charge in [-0.25, -0.2) is 10.2 Å². The summed E-state index contributed by atoms with van der Waals surface area (Å²) < 4.78 is 5.13. The maximum Gasteiger partial charge on any atom is 0.329 e. The van der Waals surface area contributed by atoms with Crippen molar-refractivity contribution in [2.75, 3.05) is 6.54 Å². The first kappa shape index (κ1) is 11.7. The molecule has 0 saturated heterocycles. The van der Waals surface area contributed by atoms with E-state index in [1.165, 1.54) is 0 Å². The Labute approximate surface area is 89.6 Å². The highest BCUT2D eigenvalue weighted by atomic mass is 16.5. The van der Waals surface area contributed by atoms with E-state index in [4.69, 9.17) is 4.74 Å². The molecule has 82 valence electrons. The number of para-hydroxylation sites is 1. The van der Waals surface area contributed by atoms with Crippen molar-refractivity contribution in [3.63, 3.8) is 0 Å². The number of esters is 1. The standard InChI is InChI=1S/C11H16N2O2/c1-3-12-13-9(2)11(14)15-10-7-5-4-6-8-10/h4-9,12-13H,3H2,1-2H3/t9-/m0/s1. The number of rotatable bonds is 5. The summed E-state index contributed by atoms with van der Waals surface area (Å²) in [5, 5.41) is 0. The van der Waals surface area contributed by atoms with E-state index >= 15 is 0 Å². The average molecular weight is 208 g/mol. The van der Waals surface area contributed by atoms with Gasteiger partial charge >= 0.3 is 5.97 Å². The van der Waals surface area contributed by atoms with Gasteiger partial charge in [0.1, 0.15) is 11.8 Å². The molecule has 0 heterocycles. The Balaban J connectivity index is 2.42. The first-order valence-electron chi connectivity index (χ1n) is 4.99. The summed E-state index contributed by atoms with van der Waals surface area (Å²) in [7, 11) is 0. The number of hydrogen-bond acceptors (Lipinski definition) is 4. The molecule has 0 bridgehead atoms. The van der Waals surface area contributed by atoms with Gasteiger partial charge in [-0.2, -0.15) is 0 Å². The number of benzene rings is 1. The fraction of sp³-hybridized carbons (Fsp3) is 0.364. The van der Waals surface area contributed by atoms with Crippen molar-refractivity contribution in [2.24, 2.45) is 0 Å². The summed E-state index contributed by atoms with van der Waals surface area (Å²) >= 11 is 0. The van der Waals surface area contributed by atoms with Crippen LogP contribution in [0.25, 0.3) is 0 Å². The van der Waals surface area contributed by atoms with E-state index in [2.05, 4.69) is 10.9 Å². The molecular formula is C11H16N2O2. The Kier molecular flexibility index (Phi) is 4.80. The van der Waals surface area contributed by atoms with Crippen LogP contribution in [0.3, 0.4) is 0 Å². The molecule has 0 radical (unpaired) electrons. The fourth-order valence-corrected chi connectivity index (χ4v) is 1.01. The maximum atomic E-state index is 11.5. The molecule has 1 aromatic carbocycles. The maximum absolute atomic E-state index is 11.5. The second-order valence-electron chi connectivity index (χ2n) is 3.13. The summed E-state index contributed by atoms with van der Waals surface area (Å²) in [6.07, 6.45) is 0. The Hall–Kier alpha value is -1.39. The third-order valence-corrected chi connectivity index (χ3v) is 1.81. The monoisotopic (exact) mass is 208 g/mol. The van der Waals surface area contributed by atoms with Crippen LogP contribution in [-0.2, 0) is 4.79 Å². The van der Waals surface area contributed by atoms with Crippen LogP contribution in [0.1, 0.15) is 13.8 Å². The van der Waals surface area contributed by atoms with Crippen LogP contribution in [0.15, 0.2) is 30.3 Å². The van der Waals surface area contributed by atoms with E-state index in [9.17, 15) is 4.79 Å². The minimum atomic E-state index is -0.370. The van der Waals surface area contributed by atoms with E-state index < -0.39 is 0 Å². The zero-order valence-electron chi connectivity index (χ0n) is 8.99. The molecule has 0 unspecified atom stereocenters. The Morgan fingerprint density at radius 2 is 2.07 bits per heavy atom. The summed E-state index contributed by atoms with van der Waals surface area (Å²) in [4.78, 5) is 11.5. The van der Waals surface area contributed by atoms with Crippen LogP contribution in [0.5, 0.6) is 5.75 Å². The zero-order chi connectivity index (χ0) is 11.1. The van der Waals surface area contributed by atoms with Crippen molar-refractivity contribution in [3.05, 3.63) is 30.3 Å². The predicted octanol–water partition coefficient (Wildman–Crippen LogP) is 1.09. The second kappa shape index (κ2) is 6.16. The number of nitrogens with one attached hydrogen (secondary N) is 2. The van der Waals surface area contributed by atoms with Crippen LogP contribution in [-0.4, -0.2) is 18.6 Å². The van der Waals surface area contributed by atoms with Crippen LogP contribution < -0.4 is 15.6 Å². The average Bonchev–Trinajstić information content (AvgIpc) is 2.27. The van der Waals surface area contributed by atoms with Gasteiger partial charge < -0.3 is 4.74 Å². The van der Waals surface area contributed by atoms with E-state index in [1.54, 1.807) is 19.1 Å². The van der Waals surface area contributed by atoms with E-state index in [1.807, 2.05) is 25.1 Å². The second-order valence-corrected chi connectivity index (χ2v) is 3.13. The molecule has 1 rings (SSSR count). The largest absolute Gasteiger partial charge is 0.425 e. The van der Waals surface area contributed by atoms with Crippen molar-refractivity contribution < 1.29 is 9.53 Å². The molecule has 1 atom stereocenters. The minimum Gasteiger partial charge on any atom is -0.425 e. The molecular weight excluding hydrogens is 192 g/mol. The summed E-state index contributed by atoms with van der Waals surface area (Å²) in [5.41, 5.74) is 5.69. The number of carbonyl (C=O) groups is 1. The molecule has 4 nitrogen and oxygen atoms in total. The van der Waals surface area contributed by atoms with E-state index in [0.717, 1.165) is 6.54 Å². The van der Waals surface area contributed by atoms with Crippen LogP contribution >= 0.6 is 0 Å². The van der Waals surface area contributed by atoms with Crippen molar-refractivity contribution in [2.45, 2.75) is 19.9 Å². The van der Waals surface area contributed by atoms with Gasteiger partial charge in [0, 0.05) is 6.54 Å². The lowest BCUT2D eigenvalue weighted by atomic mass is 10.3. The third-order valence-electron chi connectivity index (χ3n) is 1.81. The number of hydrazine groups is 1. The molecule has 0 aliphatic rings. The topological polar surface area (TPSA) is 50.4 Å². The van der Waals surface area contributed by atoms with Crippen LogP contribution in [0.2, 0.25) is 0 Å². The summed E-state index contributed by atoms with van der Waals surface area (Å²) in [5.74, 6) is 0.259. The lowest BCUT2D eigenvalue weighted by Crippen LogP contribution is -2.45. The normalized spacial score (nSPS) is 12.1. The van der Waals surface area contributed by atoms with Crippen molar-refractivity contribution in [1.29, 1.82) is 0 Å². The van der Waals surface area contributed by atoms with Crippen molar-refractivity contribution in [3.8, 4) is 5.75 Å². The minimum absolute atomic E-state index is 0.304. The highest BCUT2D eigenvalue weighted by Gasteiger charge is 2.13. The lowest BCUT2D eigenvalue weighted by Gasteiger charge is -2.12. The van der Waals surface area contributed by atoms with Gasteiger partial charge in [0.15, 0.2) is 0 Å². The number of carbonyl (C=O) groups excluding carboxylic acids is 1. The molecule has 0 aliphatic heterocycles. The first-order chi connectivity index (χ1) is 7.24. The van der Waals surface area contributed by atoms with Crippen LogP contribution in [0.4, 0.5) is 0 Å². The van der Waals surface area contributed by atoms with E-state index in [0.29, 0.717) is 5.75 Å². The third kappa shape index (κ3) is 4.10. The first-order valence-corrected chi connectivity index (χ1v) is 4.99. The highest BCUT2D eigenvalue weighted by molar-refractivity contribution is 5.77. The molecule has 0 aliphatic carbocycles. The molecule has 15 heavy (non-hydrogen) atoms. The van der Waals surface area contributed by atoms with Gasteiger partial charge in [-0.15, -0.1) is 0 Å². The van der Waals surface area contributed by atoms with Crippen molar-refractivity contribution in [1.82, 2.24) is 10.9 Å². The van der Waals surface area contributed by atoms with Gasteiger partial charge in [0.2, 0.25) is 0 Å². The molecule has 0 aromatic heterocycles. The molecule has 0 saturated carbocycles. The molecule has 1 aromatic rings. The summed E-state index contributed by atoms with van der Waals surface area (Å²) in [6, 6.07) is 8.65. The number of ether oxygens (including phenoxy) is 1. The SMILES string of the molecule is CCNN[C@@H](C)C(=O)Oc1ccccc1.